The number of piperidine rings is 1. The van der Waals surface area contributed by atoms with Crippen LogP contribution in [0.5, 0.6) is 0 Å². The Bertz CT molecular complexity index is 904. The van der Waals surface area contributed by atoms with Gasteiger partial charge in [-0.1, -0.05) is 16.4 Å². The number of rotatable bonds is 5. The largest absolute Gasteiger partial charge is 0.342 e. The van der Waals surface area contributed by atoms with Gasteiger partial charge in [0.2, 0.25) is 5.91 Å². The molecule has 0 unspecified atom stereocenters. The number of hydrogen-bond acceptors (Lipinski definition) is 6. The van der Waals surface area contributed by atoms with E-state index in [4.69, 9.17) is 4.63 Å². The molecule has 4 heterocycles. The Hall–Kier alpha value is -3.03. The number of pyridine rings is 1. The van der Waals surface area contributed by atoms with Gasteiger partial charge in [-0.05, 0) is 31.4 Å². The molecule has 0 N–H and O–H groups in total. The van der Waals surface area contributed by atoms with Crippen LogP contribution in [-0.2, 0) is 17.8 Å². The summed E-state index contributed by atoms with van der Waals surface area (Å²) in [4.78, 5) is 23.4. The Balaban J connectivity index is 1.45. The zero-order valence-corrected chi connectivity index (χ0v) is 15.3. The summed E-state index contributed by atoms with van der Waals surface area (Å²) in [7, 11) is 0. The average molecular weight is 366 g/mol. The maximum atomic E-state index is 12.7. The van der Waals surface area contributed by atoms with Crippen molar-refractivity contribution in [2.45, 2.75) is 38.6 Å². The van der Waals surface area contributed by atoms with Gasteiger partial charge in [-0.15, -0.1) is 0 Å². The van der Waals surface area contributed by atoms with Gasteiger partial charge in [-0.2, -0.15) is 0 Å². The first kappa shape index (κ1) is 17.4. The Kier molecular flexibility index (Phi) is 4.95. The zero-order chi connectivity index (χ0) is 18.6. The Morgan fingerprint density at radius 3 is 3.04 bits per heavy atom. The maximum Gasteiger partial charge on any atom is 0.228 e. The molecule has 1 aliphatic rings. The molecule has 27 heavy (non-hydrogen) atoms. The highest BCUT2D eigenvalue weighted by Crippen LogP contribution is 2.26. The molecule has 140 valence electrons. The molecule has 1 saturated heterocycles. The summed E-state index contributed by atoms with van der Waals surface area (Å²) in [5.41, 5.74) is 2.42. The van der Waals surface area contributed by atoms with Crippen molar-refractivity contribution in [2.24, 2.45) is 0 Å². The van der Waals surface area contributed by atoms with Crippen molar-refractivity contribution in [3.63, 3.8) is 0 Å². The van der Waals surface area contributed by atoms with Crippen molar-refractivity contribution in [3.05, 3.63) is 59.7 Å². The van der Waals surface area contributed by atoms with E-state index in [9.17, 15) is 4.79 Å². The first-order valence-corrected chi connectivity index (χ1v) is 9.16. The second-order valence-corrected chi connectivity index (χ2v) is 6.93. The molecule has 0 saturated carbocycles. The Morgan fingerprint density at radius 2 is 2.26 bits per heavy atom. The molecular formula is C19H22N6O2. The molecule has 1 atom stereocenters. The maximum absolute atomic E-state index is 12.7. The fourth-order valence-electron chi connectivity index (χ4n) is 3.58. The van der Waals surface area contributed by atoms with Crippen LogP contribution in [0.4, 0.5) is 0 Å². The predicted molar refractivity (Wildman–Crippen MR) is 96.9 cm³/mol. The van der Waals surface area contributed by atoms with Crippen LogP contribution in [0.15, 0.2) is 41.5 Å². The second-order valence-electron chi connectivity index (χ2n) is 6.93. The van der Waals surface area contributed by atoms with E-state index in [1.54, 1.807) is 13.1 Å². The third kappa shape index (κ3) is 3.89. The lowest BCUT2D eigenvalue weighted by atomic mass is 9.96. The molecule has 8 heteroatoms. The molecule has 0 aliphatic carbocycles. The Morgan fingerprint density at radius 1 is 1.33 bits per heavy atom. The lowest BCUT2D eigenvalue weighted by Gasteiger charge is -2.32. The molecule has 1 aliphatic heterocycles. The van der Waals surface area contributed by atoms with Crippen molar-refractivity contribution in [1.29, 1.82) is 0 Å². The molecule has 1 amide bonds. The van der Waals surface area contributed by atoms with Gasteiger partial charge in [-0.25, -0.2) is 9.61 Å². The number of amides is 1. The third-order valence-corrected chi connectivity index (χ3v) is 5.03. The van der Waals surface area contributed by atoms with Gasteiger partial charge in [-0.3, -0.25) is 9.78 Å². The van der Waals surface area contributed by atoms with Gasteiger partial charge < -0.3 is 9.47 Å². The lowest BCUT2D eigenvalue weighted by Crippen LogP contribution is -2.40. The number of carbonyl (C=O) groups excluding carboxylic acids is 1. The van der Waals surface area contributed by atoms with Gasteiger partial charge >= 0.3 is 0 Å². The first-order valence-electron chi connectivity index (χ1n) is 9.16. The van der Waals surface area contributed by atoms with E-state index in [2.05, 4.69) is 30.9 Å². The number of nitrogens with zero attached hydrogens (tertiary/aromatic N) is 6. The third-order valence-electron chi connectivity index (χ3n) is 5.03. The highest BCUT2D eigenvalue weighted by Gasteiger charge is 2.28. The molecule has 0 bridgehead atoms. The van der Waals surface area contributed by atoms with Gasteiger partial charge in [0.05, 0.1) is 13.0 Å². The summed E-state index contributed by atoms with van der Waals surface area (Å²) < 4.78 is 6.85. The summed E-state index contributed by atoms with van der Waals surface area (Å²) in [6.07, 6.45) is 9.69. The molecule has 0 aromatic carbocycles. The lowest BCUT2D eigenvalue weighted by molar-refractivity contribution is -0.131. The van der Waals surface area contributed by atoms with E-state index in [-0.39, 0.29) is 18.2 Å². The molecular weight excluding hydrogens is 344 g/mol. The van der Waals surface area contributed by atoms with Gasteiger partial charge in [0.1, 0.15) is 17.2 Å². The predicted octanol–water partition coefficient (Wildman–Crippen LogP) is 1.97. The van der Waals surface area contributed by atoms with Crippen LogP contribution in [-0.4, -0.2) is 48.7 Å². The van der Waals surface area contributed by atoms with E-state index >= 15 is 0 Å². The minimum absolute atomic E-state index is 0.0591. The van der Waals surface area contributed by atoms with E-state index in [0.29, 0.717) is 17.9 Å². The van der Waals surface area contributed by atoms with Crippen molar-refractivity contribution >= 4 is 5.91 Å². The van der Waals surface area contributed by atoms with Crippen LogP contribution in [0.25, 0.3) is 0 Å². The van der Waals surface area contributed by atoms with E-state index in [1.165, 1.54) is 0 Å². The number of aromatic nitrogens is 5. The molecule has 1 fully saturated rings. The fraction of sp³-hybridized carbons (Fsp3) is 0.421. The standard InChI is InChI=1S/C19H22N6O2/c1-14-17(23-27-22-14)10-18(26)24-8-3-5-16(13-24)19-21-7-9-25(19)12-15-4-2-6-20-11-15/h2,4,6-7,9,11,16H,3,5,8,10,12-13H2,1H3/t16-/m0/s1. The van der Waals surface area contributed by atoms with Crippen molar-refractivity contribution < 1.29 is 9.42 Å². The van der Waals surface area contributed by atoms with Crippen LogP contribution in [0.2, 0.25) is 0 Å². The van der Waals surface area contributed by atoms with Crippen LogP contribution in [0.3, 0.4) is 0 Å². The SMILES string of the molecule is Cc1nonc1CC(=O)N1CCC[C@H](c2nccn2Cc2cccnc2)C1. The second kappa shape index (κ2) is 7.69. The summed E-state index contributed by atoms with van der Waals surface area (Å²) in [6.45, 7) is 3.97. The van der Waals surface area contributed by atoms with E-state index in [0.717, 1.165) is 37.3 Å². The summed E-state index contributed by atoms with van der Waals surface area (Å²) in [5, 5.41) is 7.57. The van der Waals surface area contributed by atoms with Crippen molar-refractivity contribution in [3.8, 4) is 0 Å². The quantitative estimate of drug-likeness (QED) is 0.686. The van der Waals surface area contributed by atoms with E-state index in [1.807, 2.05) is 29.6 Å². The first-order chi connectivity index (χ1) is 13.2. The molecule has 3 aromatic rings. The summed E-state index contributed by atoms with van der Waals surface area (Å²) in [6, 6.07) is 4.00. The number of hydrogen-bond donors (Lipinski definition) is 0. The smallest absolute Gasteiger partial charge is 0.228 e. The van der Waals surface area contributed by atoms with Gasteiger partial charge in [0.25, 0.3) is 0 Å². The average Bonchev–Trinajstić information content (AvgIpc) is 3.32. The van der Waals surface area contributed by atoms with Crippen LogP contribution >= 0.6 is 0 Å². The summed E-state index contributed by atoms with van der Waals surface area (Å²) in [5.74, 6) is 1.31. The number of likely N-dealkylation sites (tertiary alicyclic amines) is 1. The molecule has 0 spiro atoms. The minimum atomic E-state index is 0.0591. The fourth-order valence-corrected chi connectivity index (χ4v) is 3.58. The van der Waals surface area contributed by atoms with Crippen molar-refractivity contribution in [1.82, 2.24) is 29.7 Å². The molecule has 0 radical (unpaired) electrons. The zero-order valence-electron chi connectivity index (χ0n) is 15.3. The van der Waals surface area contributed by atoms with Crippen LogP contribution in [0, 0.1) is 6.92 Å². The van der Waals surface area contributed by atoms with E-state index < -0.39 is 0 Å². The van der Waals surface area contributed by atoms with Crippen LogP contribution < -0.4 is 0 Å². The molecule has 3 aromatic heterocycles. The monoisotopic (exact) mass is 366 g/mol. The highest BCUT2D eigenvalue weighted by molar-refractivity contribution is 5.78. The van der Waals surface area contributed by atoms with Gasteiger partial charge in [0.15, 0.2) is 0 Å². The van der Waals surface area contributed by atoms with Crippen LogP contribution in [0.1, 0.15) is 41.5 Å². The van der Waals surface area contributed by atoms with Crippen molar-refractivity contribution in [2.75, 3.05) is 13.1 Å². The number of imidazole rings is 1. The topological polar surface area (TPSA) is 89.9 Å². The minimum Gasteiger partial charge on any atom is -0.342 e. The number of aryl methyl sites for hydroxylation is 1. The highest BCUT2D eigenvalue weighted by atomic mass is 16.6. The number of carbonyl (C=O) groups is 1. The van der Waals surface area contributed by atoms with Gasteiger partial charge in [0, 0.05) is 43.8 Å². The molecule has 8 nitrogen and oxygen atoms in total. The normalized spacial score (nSPS) is 17.2. The Labute approximate surface area is 157 Å². The molecule has 4 rings (SSSR count). The summed E-state index contributed by atoms with van der Waals surface area (Å²) >= 11 is 0.